The van der Waals surface area contributed by atoms with E-state index in [2.05, 4.69) is 4.99 Å². The monoisotopic (exact) mass is 349 g/mol. The molecule has 0 aromatic heterocycles. The second-order valence-electron chi connectivity index (χ2n) is 7.20. The van der Waals surface area contributed by atoms with Gasteiger partial charge in [-0.1, -0.05) is 30.2 Å². The molecule has 0 aliphatic heterocycles. The molecule has 0 saturated heterocycles. The first-order valence-electron chi connectivity index (χ1n) is 8.27. The maximum Gasteiger partial charge on any atom is 0.331 e. The van der Waals surface area contributed by atoms with Gasteiger partial charge in [-0.2, -0.15) is 0 Å². The molecule has 1 fully saturated rings. The summed E-state index contributed by atoms with van der Waals surface area (Å²) in [6.45, 7) is 5.49. The molecule has 130 valence electrons. The average Bonchev–Trinajstić information content (AvgIpc) is 2.96. The van der Waals surface area contributed by atoms with Gasteiger partial charge in [0.25, 0.3) is 0 Å². The van der Waals surface area contributed by atoms with Crippen LogP contribution >= 0.6 is 11.6 Å². The molecule has 0 spiro atoms. The second-order valence-corrected chi connectivity index (χ2v) is 7.64. The van der Waals surface area contributed by atoms with E-state index in [1.807, 2.05) is 32.9 Å². The van der Waals surface area contributed by atoms with Crippen LogP contribution in [-0.2, 0) is 14.3 Å². The molecule has 0 amide bonds. The summed E-state index contributed by atoms with van der Waals surface area (Å²) in [6, 6.07) is 6.57. The van der Waals surface area contributed by atoms with Gasteiger partial charge in [-0.15, -0.1) is 0 Å². The van der Waals surface area contributed by atoms with Crippen molar-refractivity contribution >= 4 is 30.1 Å². The van der Waals surface area contributed by atoms with Gasteiger partial charge in [0.1, 0.15) is 11.9 Å². The lowest BCUT2D eigenvalue weighted by molar-refractivity contribution is -0.158. The number of halogens is 1. The highest BCUT2D eigenvalue weighted by Gasteiger charge is 2.39. The molecule has 5 heteroatoms. The summed E-state index contributed by atoms with van der Waals surface area (Å²) in [5, 5.41) is 0.646. The number of esters is 1. The zero-order valence-corrected chi connectivity index (χ0v) is 15.1. The van der Waals surface area contributed by atoms with E-state index in [1.54, 1.807) is 18.3 Å². The van der Waals surface area contributed by atoms with Crippen molar-refractivity contribution in [2.75, 3.05) is 0 Å². The molecule has 2 rings (SSSR count). The first-order valence-corrected chi connectivity index (χ1v) is 8.65. The van der Waals surface area contributed by atoms with E-state index in [4.69, 9.17) is 16.3 Å². The third-order valence-electron chi connectivity index (χ3n) is 4.11. The maximum absolute atomic E-state index is 12.6. The van der Waals surface area contributed by atoms with Crippen molar-refractivity contribution < 1.29 is 14.3 Å². The van der Waals surface area contributed by atoms with Crippen LogP contribution < -0.4 is 0 Å². The van der Waals surface area contributed by atoms with Gasteiger partial charge in [0, 0.05) is 23.1 Å². The van der Waals surface area contributed by atoms with E-state index in [9.17, 15) is 9.59 Å². The number of hydrogen-bond donors (Lipinski definition) is 0. The fourth-order valence-corrected chi connectivity index (χ4v) is 3.13. The van der Waals surface area contributed by atoms with Crippen LogP contribution in [0, 0.1) is 11.8 Å². The Morgan fingerprint density at radius 3 is 2.54 bits per heavy atom. The molecule has 3 atom stereocenters. The van der Waals surface area contributed by atoms with Crippen molar-refractivity contribution in [1.29, 1.82) is 0 Å². The lowest BCUT2D eigenvalue weighted by Crippen LogP contribution is -2.37. The SMILES string of the molecule is CC(C)(C)OC(=O)[C@@H](N=Cc1ccc(Cl)cc1)[C@H]1CCC[C@@H]1C=O. The van der Waals surface area contributed by atoms with E-state index in [0.29, 0.717) is 5.02 Å². The van der Waals surface area contributed by atoms with Crippen LogP contribution in [0.3, 0.4) is 0 Å². The van der Waals surface area contributed by atoms with Gasteiger partial charge in [0.05, 0.1) is 0 Å². The molecule has 0 unspecified atom stereocenters. The summed E-state index contributed by atoms with van der Waals surface area (Å²) in [5.74, 6) is -0.600. The molecule has 0 radical (unpaired) electrons. The molecule has 1 aliphatic carbocycles. The van der Waals surface area contributed by atoms with E-state index in [-0.39, 0.29) is 17.8 Å². The number of aliphatic imine (C=N–C) groups is 1. The number of benzene rings is 1. The summed E-state index contributed by atoms with van der Waals surface area (Å²) in [7, 11) is 0. The molecule has 0 heterocycles. The third-order valence-corrected chi connectivity index (χ3v) is 4.36. The Labute approximate surface area is 148 Å². The molecular weight excluding hydrogens is 326 g/mol. The summed E-state index contributed by atoms with van der Waals surface area (Å²) in [4.78, 5) is 28.4. The van der Waals surface area contributed by atoms with Gasteiger partial charge in [0.2, 0.25) is 0 Å². The number of carbonyl (C=O) groups is 2. The van der Waals surface area contributed by atoms with Gasteiger partial charge >= 0.3 is 5.97 Å². The predicted molar refractivity (Wildman–Crippen MR) is 95.6 cm³/mol. The molecule has 24 heavy (non-hydrogen) atoms. The van der Waals surface area contributed by atoms with Crippen LogP contribution in [-0.4, -0.2) is 30.1 Å². The van der Waals surface area contributed by atoms with Gasteiger partial charge in [-0.3, -0.25) is 4.99 Å². The number of hydrogen-bond acceptors (Lipinski definition) is 4. The van der Waals surface area contributed by atoms with Crippen molar-refractivity contribution in [3.8, 4) is 0 Å². The van der Waals surface area contributed by atoms with Crippen LogP contribution in [0.5, 0.6) is 0 Å². The fraction of sp³-hybridized carbons (Fsp3) is 0.526. The molecule has 0 N–H and O–H groups in total. The van der Waals surface area contributed by atoms with E-state index >= 15 is 0 Å². The Kier molecular flexibility index (Phi) is 6.16. The van der Waals surface area contributed by atoms with Crippen LogP contribution in [0.4, 0.5) is 0 Å². The third kappa shape index (κ3) is 5.17. The molecule has 4 nitrogen and oxygen atoms in total. The summed E-state index contributed by atoms with van der Waals surface area (Å²) >= 11 is 5.88. The summed E-state index contributed by atoms with van der Waals surface area (Å²) < 4.78 is 5.52. The Morgan fingerprint density at radius 2 is 1.96 bits per heavy atom. The number of carbonyl (C=O) groups excluding carboxylic acids is 2. The normalized spacial score (nSPS) is 22.5. The Balaban J connectivity index is 2.23. The minimum absolute atomic E-state index is 0.0964. The smallest absolute Gasteiger partial charge is 0.331 e. The first kappa shape index (κ1) is 18.7. The van der Waals surface area contributed by atoms with E-state index in [0.717, 1.165) is 31.1 Å². The van der Waals surface area contributed by atoms with Crippen LogP contribution in [0.25, 0.3) is 0 Å². The topological polar surface area (TPSA) is 55.7 Å². The molecule has 1 aromatic carbocycles. The van der Waals surface area contributed by atoms with Crippen molar-refractivity contribution in [1.82, 2.24) is 0 Å². The second kappa shape index (κ2) is 7.93. The fourth-order valence-electron chi connectivity index (χ4n) is 3.00. The summed E-state index contributed by atoms with van der Waals surface area (Å²) in [6.07, 6.45) is 5.16. The van der Waals surface area contributed by atoms with Crippen molar-refractivity contribution in [3.63, 3.8) is 0 Å². The zero-order valence-electron chi connectivity index (χ0n) is 14.4. The van der Waals surface area contributed by atoms with Gasteiger partial charge < -0.3 is 9.53 Å². The first-order chi connectivity index (χ1) is 11.3. The lowest BCUT2D eigenvalue weighted by atomic mass is 9.90. The molecule has 1 aromatic rings. The van der Waals surface area contributed by atoms with Crippen molar-refractivity contribution in [3.05, 3.63) is 34.9 Å². The maximum atomic E-state index is 12.6. The number of aldehydes is 1. The van der Waals surface area contributed by atoms with Gasteiger partial charge in [-0.05, 0) is 51.3 Å². The largest absolute Gasteiger partial charge is 0.458 e. The van der Waals surface area contributed by atoms with Crippen LogP contribution in [0.1, 0.15) is 45.6 Å². The van der Waals surface area contributed by atoms with E-state index < -0.39 is 11.6 Å². The molecule has 1 aliphatic rings. The van der Waals surface area contributed by atoms with Crippen LogP contribution in [0.15, 0.2) is 29.3 Å². The van der Waals surface area contributed by atoms with Crippen LogP contribution in [0.2, 0.25) is 5.02 Å². The minimum Gasteiger partial charge on any atom is -0.458 e. The zero-order chi connectivity index (χ0) is 17.7. The quantitative estimate of drug-likeness (QED) is 0.457. The van der Waals surface area contributed by atoms with Gasteiger partial charge in [-0.25, -0.2) is 4.79 Å². The molecule has 1 saturated carbocycles. The van der Waals surface area contributed by atoms with E-state index in [1.165, 1.54) is 0 Å². The summed E-state index contributed by atoms with van der Waals surface area (Å²) in [5.41, 5.74) is 0.272. The number of ether oxygens (including phenoxy) is 1. The highest BCUT2D eigenvalue weighted by Crippen LogP contribution is 2.35. The van der Waals surface area contributed by atoms with Crippen molar-refractivity contribution in [2.24, 2.45) is 16.8 Å². The standard InChI is InChI=1S/C19H24ClNO3/c1-19(2,3)24-18(23)17(16-6-4-5-14(16)12-22)21-11-13-7-9-15(20)10-8-13/h7-12,14,16-17H,4-6H2,1-3H3/t14-,16+,17+/m1/s1. The average molecular weight is 350 g/mol. The lowest BCUT2D eigenvalue weighted by Gasteiger charge is -2.26. The highest BCUT2D eigenvalue weighted by atomic mass is 35.5. The Bertz CT molecular complexity index is 604. The Hall–Kier alpha value is -1.68. The number of rotatable bonds is 5. The highest BCUT2D eigenvalue weighted by molar-refractivity contribution is 6.30. The molecule has 0 bridgehead atoms. The van der Waals surface area contributed by atoms with Crippen molar-refractivity contribution in [2.45, 2.75) is 51.7 Å². The van der Waals surface area contributed by atoms with Gasteiger partial charge in [0.15, 0.2) is 6.04 Å². The minimum atomic E-state index is -0.655. The Morgan fingerprint density at radius 1 is 1.29 bits per heavy atom. The molecular formula is C19H24ClNO3. The predicted octanol–water partition coefficient (Wildman–Crippen LogP) is 4.08. The number of nitrogens with zero attached hydrogens (tertiary/aromatic N) is 1.